The van der Waals surface area contributed by atoms with E-state index >= 15 is 0 Å². The SMILES string of the molecule is CNC1CCCN(Cc2ccc(Cl)cc2F)C1. The molecule has 17 heavy (non-hydrogen) atoms. The first kappa shape index (κ1) is 12.8. The molecular formula is C13H18ClFN2. The molecule has 0 saturated carbocycles. The van der Waals surface area contributed by atoms with Gasteiger partial charge in [-0.2, -0.15) is 0 Å². The monoisotopic (exact) mass is 256 g/mol. The zero-order valence-electron chi connectivity index (χ0n) is 10.0. The molecule has 2 nitrogen and oxygen atoms in total. The molecule has 1 N–H and O–H groups in total. The van der Waals surface area contributed by atoms with Crippen LogP contribution in [0.5, 0.6) is 0 Å². The molecule has 0 radical (unpaired) electrons. The maximum atomic E-state index is 13.7. The smallest absolute Gasteiger partial charge is 0.129 e. The Labute approximate surface area is 107 Å². The van der Waals surface area contributed by atoms with Gasteiger partial charge in [-0.3, -0.25) is 4.90 Å². The van der Waals surface area contributed by atoms with Crippen molar-refractivity contribution >= 4 is 11.6 Å². The number of likely N-dealkylation sites (N-methyl/N-ethyl adjacent to an activating group) is 1. The predicted octanol–water partition coefficient (Wildman–Crippen LogP) is 2.66. The minimum absolute atomic E-state index is 0.205. The number of nitrogens with zero attached hydrogens (tertiary/aromatic N) is 1. The van der Waals surface area contributed by atoms with Gasteiger partial charge in [0.1, 0.15) is 5.82 Å². The number of hydrogen-bond donors (Lipinski definition) is 1. The highest BCUT2D eigenvalue weighted by Gasteiger charge is 2.19. The molecule has 0 spiro atoms. The first-order valence-corrected chi connectivity index (χ1v) is 6.40. The first-order valence-electron chi connectivity index (χ1n) is 6.02. The van der Waals surface area contributed by atoms with Crippen LogP contribution in [0.25, 0.3) is 0 Å². The highest BCUT2D eigenvalue weighted by molar-refractivity contribution is 6.30. The Morgan fingerprint density at radius 2 is 2.35 bits per heavy atom. The van der Waals surface area contributed by atoms with E-state index in [4.69, 9.17) is 11.6 Å². The molecule has 1 unspecified atom stereocenters. The molecule has 1 saturated heterocycles. The van der Waals surface area contributed by atoms with Gasteiger partial charge >= 0.3 is 0 Å². The predicted molar refractivity (Wildman–Crippen MR) is 68.8 cm³/mol. The van der Waals surface area contributed by atoms with E-state index in [2.05, 4.69) is 10.2 Å². The third-order valence-electron chi connectivity index (χ3n) is 3.32. The second-order valence-corrected chi connectivity index (χ2v) is 5.04. The van der Waals surface area contributed by atoms with E-state index in [1.54, 1.807) is 12.1 Å². The van der Waals surface area contributed by atoms with Crippen molar-refractivity contribution in [2.24, 2.45) is 0 Å². The molecule has 94 valence electrons. The van der Waals surface area contributed by atoms with Crippen LogP contribution in [0.4, 0.5) is 4.39 Å². The van der Waals surface area contributed by atoms with Crippen LogP contribution in [0, 0.1) is 5.82 Å². The highest BCUT2D eigenvalue weighted by atomic mass is 35.5. The summed E-state index contributed by atoms with van der Waals surface area (Å²) >= 11 is 5.74. The minimum atomic E-state index is -0.205. The second-order valence-electron chi connectivity index (χ2n) is 4.60. The van der Waals surface area contributed by atoms with Crippen molar-refractivity contribution in [3.63, 3.8) is 0 Å². The summed E-state index contributed by atoms with van der Waals surface area (Å²) < 4.78 is 13.7. The van der Waals surface area contributed by atoms with Crippen LogP contribution >= 0.6 is 11.6 Å². The summed E-state index contributed by atoms with van der Waals surface area (Å²) in [5, 5.41) is 3.74. The molecule has 0 bridgehead atoms. The second kappa shape index (κ2) is 5.80. The number of rotatable bonds is 3. The lowest BCUT2D eigenvalue weighted by Gasteiger charge is -2.32. The molecule has 4 heteroatoms. The summed E-state index contributed by atoms with van der Waals surface area (Å²) in [6, 6.07) is 5.44. The molecule has 1 aromatic carbocycles. The van der Waals surface area contributed by atoms with Crippen molar-refractivity contribution in [1.82, 2.24) is 10.2 Å². The Morgan fingerprint density at radius 3 is 3.06 bits per heavy atom. The molecule has 1 aromatic rings. The molecule has 1 aliphatic heterocycles. The van der Waals surface area contributed by atoms with E-state index in [9.17, 15) is 4.39 Å². The maximum absolute atomic E-state index is 13.7. The van der Waals surface area contributed by atoms with E-state index in [1.807, 2.05) is 7.05 Å². The number of benzene rings is 1. The first-order chi connectivity index (χ1) is 8.19. The number of halogens is 2. The topological polar surface area (TPSA) is 15.3 Å². The van der Waals surface area contributed by atoms with Gasteiger partial charge in [0.15, 0.2) is 0 Å². The van der Waals surface area contributed by atoms with E-state index in [0.717, 1.165) is 18.7 Å². The molecule has 0 aromatic heterocycles. The van der Waals surface area contributed by atoms with Crippen molar-refractivity contribution in [2.45, 2.75) is 25.4 Å². The Morgan fingerprint density at radius 1 is 1.53 bits per heavy atom. The molecule has 0 amide bonds. The number of hydrogen-bond acceptors (Lipinski definition) is 2. The summed E-state index contributed by atoms with van der Waals surface area (Å²) in [5.74, 6) is -0.205. The van der Waals surface area contributed by atoms with Gasteiger partial charge in [-0.15, -0.1) is 0 Å². The molecule has 1 heterocycles. The van der Waals surface area contributed by atoms with Crippen molar-refractivity contribution in [1.29, 1.82) is 0 Å². The van der Waals surface area contributed by atoms with Crippen LogP contribution in [0.2, 0.25) is 5.02 Å². The van der Waals surface area contributed by atoms with E-state index < -0.39 is 0 Å². The summed E-state index contributed by atoms with van der Waals surface area (Å²) in [4.78, 5) is 2.29. The molecular weight excluding hydrogens is 239 g/mol. The fourth-order valence-electron chi connectivity index (χ4n) is 2.33. The van der Waals surface area contributed by atoms with Gasteiger partial charge in [0.05, 0.1) is 0 Å². The average molecular weight is 257 g/mol. The summed E-state index contributed by atoms with van der Waals surface area (Å²) in [6.45, 7) is 2.69. The van der Waals surface area contributed by atoms with Crippen LogP contribution in [0.1, 0.15) is 18.4 Å². The lowest BCUT2D eigenvalue weighted by molar-refractivity contribution is 0.186. The van der Waals surface area contributed by atoms with Crippen LogP contribution in [0.15, 0.2) is 18.2 Å². The number of nitrogens with one attached hydrogen (secondary N) is 1. The molecule has 1 fully saturated rings. The fraction of sp³-hybridized carbons (Fsp3) is 0.538. The summed E-state index contributed by atoms with van der Waals surface area (Å²) in [7, 11) is 1.98. The molecule has 0 aliphatic carbocycles. The Bertz CT molecular complexity index is 384. The van der Waals surface area contributed by atoms with Crippen molar-refractivity contribution < 1.29 is 4.39 Å². The lowest BCUT2D eigenvalue weighted by Crippen LogP contribution is -2.43. The van der Waals surface area contributed by atoms with Gasteiger partial charge in [-0.25, -0.2) is 4.39 Å². The molecule has 1 aliphatic rings. The normalized spacial score (nSPS) is 21.7. The van der Waals surface area contributed by atoms with Gasteiger partial charge < -0.3 is 5.32 Å². The Kier molecular flexibility index (Phi) is 4.37. The third-order valence-corrected chi connectivity index (χ3v) is 3.56. The van der Waals surface area contributed by atoms with Crippen LogP contribution < -0.4 is 5.32 Å². The maximum Gasteiger partial charge on any atom is 0.129 e. The van der Waals surface area contributed by atoms with Crippen molar-refractivity contribution in [3.05, 3.63) is 34.6 Å². The van der Waals surface area contributed by atoms with Crippen molar-refractivity contribution in [3.8, 4) is 0 Å². The number of piperidine rings is 1. The quantitative estimate of drug-likeness (QED) is 0.895. The third kappa shape index (κ3) is 3.41. The van der Waals surface area contributed by atoms with E-state index in [1.165, 1.54) is 18.9 Å². The lowest BCUT2D eigenvalue weighted by atomic mass is 10.0. The van der Waals surface area contributed by atoms with Crippen LogP contribution in [0.3, 0.4) is 0 Å². The van der Waals surface area contributed by atoms with Crippen molar-refractivity contribution in [2.75, 3.05) is 20.1 Å². The zero-order valence-corrected chi connectivity index (χ0v) is 10.8. The zero-order chi connectivity index (χ0) is 12.3. The van der Waals surface area contributed by atoms with E-state index in [-0.39, 0.29) is 5.82 Å². The largest absolute Gasteiger partial charge is 0.316 e. The van der Waals surface area contributed by atoms with Crippen LogP contribution in [-0.4, -0.2) is 31.1 Å². The van der Waals surface area contributed by atoms with Gasteiger partial charge in [0, 0.05) is 29.7 Å². The van der Waals surface area contributed by atoms with Gasteiger partial charge in [-0.1, -0.05) is 17.7 Å². The Hall–Kier alpha value is -0.640. The van der Waals surface area contributed by atoms with Gasteiger partial charge in [0.25, 0.3) is 0 Å². The number of likely N-dealkylation sites (tertiary alicyclic amines) is 1. The van der Waals surface area contributed by atoms with E-state index in [0.29, 0.717) is 17.6 Å². The minimum Gasteiger partial charge on any atom is -0.316 e. The van der Waals surface area contributed by atoms with Crippen LogP contribution in [-0.2, 0) is 6.54 Å². The molecule has 2 rings (SSSR count). The Balaban J connectivity index is 2.00. The molecule has 1 atom stereocenters. The fourth-order valence-corrected chi connectivity index (χ4v) is 2.48. The highest BCUT2D eigenvalue weighted by Crippen LogP contribution is 2.18. The summed E-state index contributed by atoms with van der Waals surface area (Å²) in [6.07, 6.45) is 2.37. The summed E-state index contributed by atoms with van der Waals surface area (Å²) in [5.41, 5.74) is 0.728. The standard InChI is InChI=1S/C13H18ClFN2/c1-16-12-3-2-6-17(9-12)8-10-4-5-11(14)7-13(10)15/h4-5,7,12,16H,2-3,6,8-9H2,1H3. The average Bonchev–Trinajstić information content (AvgIpc) is 2.33. The van der Waals surface area contributed by atoms with Gasteiger partial charge in [0.2, 0.25) is 0 Å². The van der Waals surface area contributed by atoms with Gasteiger partial charge in [-0.05, 0) is 38.6 Å².